The zero-order chi connectivity index (χ0) is 16.5. The fourth-order valence-corrected chi connectivity index (χ4v) is 2.31. The van der Waals surface area contributed by atoms with E-state index in [0.717, 1.165) is 24.2 Å². The Morgan fingerprint density at radius 2 is 1.78 bits per heavy atom. The standard InChI is InChI=1S/C18H24N2O3/c1-2-3-4-5-6-7-8-17-19-18(23-20-17)12-10-14-9-11-15(21)16(22)13-14/h9-13,21-22H,2-8H2,1H3. The highest BCUT2D eigenvalue weighted by atomic mass is 16.5. The third kappa shape index (κ3) is 5.77. The normalized spacial score (nSPS) is 11.3. The van der Waals surface area contributed by atoms with Crippen LogP contribution in [0.25, 0.3) is 12.2 Å². The molecule has 1 aromatic carbocycles. The number of aromatic hydroxyl groups is 2. The second-order valence-electron chi connectivity index (χ2n) is 5.65. The molecule has 0 saturated carbocycles. The average molecular weight is 316 g/mol. The summed E-state index contributed by atoms with van der Waals surface area (Å²) in [4.78, 5) is 4.32. The maximum absolute atomic E-state index is 9.44. The molecule has 0 bridgehead atoms. The number of aryl methyl sites for hydroxylation is 1. The Balaban J connectivity index is 1.79. The lowest BCUT2D eigenvalue weighted by molar-refractivity contribution is 0.402. The molecule has 0 fully saturated rings. The second-order valence-corrected chi connectivity index (χ2v) is 5.65. The molecule has 2 N–H and O–H groups in total. The van der Waals surface area contributed by atoms with E-state index in [1.54, 1.807) is 18.2 Å². The Kier molecular flexibility index (Phi) is 6.66. The number of benzene rings is 1. The molecular weight excluding hydrogens is 292 g/mol. The van der Waals surface area contributed by atoms with Crippen LogP contribution in [0.4, 0.5) is 0 Å². The fourth-order valence-electron chi connectivity index (χ4n) is 2.31. The summed E-state index contributed by atoms with van der Waals surface area (Å²) in [6.45, 7) is 2.22. The molecule has 124 valence electrons. The first kappa shape index (κ1) is 17.1. The van der Waals surface area contributed by atoms with E-state index in [-0.39, 0.29) is 11.5 Å². The molecular formula is C18H24N2O3. The highest BCUT2D eigenvalue weighted by Gasteiger charge is 2.04. The number of aromatic nitrogens is 2. The molecule has 0 radical (unpaired) electrons. The molecule has 2 aromatic rings. The Labute approximate surface area is 136 Å². The number of rotatable bonds is 9. The number of nitrogens with zero attached hydrogens (tertiary/aromatic N) is 2. The number of hydrogen-bond acceptors (Lipinski definition) is 5. The first-order valence-electron chi connectivity index (χ1n) is 8.21. The Bertz CT molecular complexity index is 635. The Hall–Kier alpha value is -2.30. The first-order chi connectivity index (χ1) is 11.2. The summed E-state index contributed by atoms with van der Waals surface area (Å²) in [6, 6.07) is 4.60. The van der Waals surface area contributed by atoms with Crippen LogP contribution in [0.5, 0.6) is 11.5 Å². The van der Waals surface area contributed by atoms with Gasteiger partial charge >= 0.3 is 0 Å². The number of phenolic OH excluding ortho intramolecular Hbond substituents is 2. The van der Waals surface area contributed by atoms with Gasteiger partial charge in [-0.2, -0.15) is 4.98 Å². The van der Waals surface area contributed by atoms with Crippen LogP contribution in [0.1, 0.15) is 62.7 Å². The monoisotopic (exact) mass is 316 g/mol. The molecule has 5 nitrogen and oxygen atoms in total. The van der Waals surface area contributed by atoms with E-state index in [9.17, 15) is 10.2 Å². The van der Waals surface area contributed by atoms with Gasteiger partial charge in [-0.1, -0.05) is 50.3 Å². The third-order valence-electron chi connectivity index (χ3n) is 3.66. The predicted molar refractivity (Wildman–Crippen MR) is 90.1 cm³/mol. The van der Waals surface area contributed by atoms with E-state index in [2.05, 4.69) is 17.1 Å². The van der Waals surface area contributed by atoms with E-state index in [1.165, 1.54) is 44.2 Å². The van der Waals surface area contributed by atoms with Crippen molar-refractivity contribution in [3.63, 3.8) is 0 Å². The molecule has 0 aliphatic rings. The topological polar surface area (TPSA) is 79.4 Å². The van der Waals surface area contributed by atoms with Crippen LogP contribution in [0.15, 0.2) is 22.7 Å². The minimum atomic E-state index is -0.151. The molecule has 23 heavy (non-hydrogen) atoms. The average Bonchev–Trinajstić information content (AvgIpc) is 3.00. The SMILES string of the molecule is CCCCCCCCc1noc(C=Cc2ccc(O)c(O)c2)n1. The molecule has 0 spiro atoms. The zero-order valence-electron chi connectivity index (χ0n) is 13.5. The van der Waals surface area contributed by atoms with Crippen LogP contribution in [0.3, 0.4) is 0 Å². The highest BCUT2D eigenvalue weighted by molar-refractivity contribution is 5.67. The zero-order valence-corrected chi connectivity index (χ0v) is 13.5. The number of unbranched alkanes of at least 4 members (excludes halogenated alkanes) is 5. The molecule has 0 atom stereocenters. The van der Waals surface area contributed by atoms with Crippen LogP contribution in [-0.4, -0.2) is 20.4 Å². The van der Waals surface area contributed by atoms with E-state index in [0.29, 0.717) is 5.89 Å². The summed E-state index contributed by atoms with van der Waals surface area (Å²) < 4.78 is 5.18. The number of hydrogen-bond donors (Lipinski definition) is 2. The van der Waals surface area contributed by atoms with Crippen molar-refractivity contribution in [3.8, 4) is 11.5 Å². The first-order valence-corrected chi connectivity index (χ1v) is 8.21. The number of phenols is 2. The minimum Gasteiger partial charge on any atom is -0.504 e. The summed E-state index contributed by atoms with van der Waals surface area (Å²) in [7, 11) is 0. The van der Waals surface area contributed by atoms with Gasteiger partial charge < -0.3 is 14.7 Å². The van der Waals surface area contributed by atoms with Crippen LogP contribution >= 0.6 is 0 Å². The van der Waals surface area contributed by atoms with Gasteiger partial charge in [0, 0.05) is 12.5 Å². The van der Waals surface area contributed by atoms with Gasteiger partial charge in [-0.3, -0.25) is 0 Å². The predicted octanol–water partition coefficient (Wildman–Crippen LogP) is 4.55. The van der Waals surface area contributed by atoms with Gasteiger partial charge in [0.05, 0.1) is 0 Å². The van der Waals surface area contributed by atoms with E-state index in [1.807, 2.05) is 0 Å². The van der Waals surface area contributed by atoms with Crippen LogP contribution in [-0.2, 0) is 6.42 Å². The van der Waals surface area contributed by atoms with Crippen molar-refractivity contribution in [2.24, 2.45) is 0 Å². The molecule has 1 heterocycles. The lowest BCUT2D eigenvalue weighted by Gasteiger charge is -1.97. The highest BCUT2D eigenvalue weighted by Crippen LogP contribution is 2.25. The molecule has 0 aliphatic carbocycles. The van der Waals surface area contributed by atoms with E-state index >= 15 is 0 Å². The van der Waals surface area contributed by atoms with Gasteiger partial charge in [0.1, 0.15) is 0 Å². The van der Waals surface area contributed by atoms with Crippen molar-refractivity contribution in [3.05, 3.63) is 35.5 Å². The van der Waals surface area contributed by atoms with Gasteiger partial charge in [-0.05, 0) is 30.2 Å². The molecule has 1 aromatic heterocycles. The maximum Gasteiger partial charge on any atom is 0.250 e. The summed E-state index contributed by atoms with van der Waals surface area (Å²) >= 11 is 0. The quantitative estimate of drug-likeness (QED) is 0.524. The Morgan fingerprint density at radius 3 is 2.57 bits per heavy atom. The maximum atomic E-state index is 9.44. The van der Waals surface area contributed by atoms with Crippen LogP contribution < -0.4 is 0 Å². The Morgan fingerprint density at radius 1 is 1.00 bits per heavy atom. The largest absolute Gasteiger partial charge is 0.504 e. The molecule has 0 aliphatic heterocycles. The third-order valence-corrected chi connectivity index (χ3v) is 3.66. The van der Waals surface area contributed by atoms with Crippen molar-refractivity contribution in [1.29, 1.82) is 0 Å². The van der Waals surface area contributed by atoms with Gasteiger partial charge in [0.25, 0.3) is 5.89 Å². The van der Waals surface area contributed by atoms with Gasteiger partial charge in [-0.15, -0.1) is 0 Å². The van der Waals surface area contributed by atoms with Crippen LogP contribution in [0.2, 0.25) is 0 Å². The second kappa shape index (κ2) is 8.98. The smallest absolute Gasteiger partial charge is 0.250 e. The molecule has 2 rings (SSSR count). The lowest BCUT2D eigenvalue weighted by Crippen LogP contribution is -1.89. The summed E-state index contributed by atoms with van der Waals surface area (Å²) in [5, 5.41) is 22.7. The summed E-state index contributed by atoms with van der Waals surface area (Å²) in [5.41, 5.74) is 0.746. The molecule has 0 saturated heterocycles. The summed E-state index contributed by atoms with van der Waals surface area (Å²) in [5.74, 6) is 0.884. The lowest BCUT2D eigenvalue weighted by atomic mass is 10.1. The van der Waals surface area contributed by atoms with Crippen molar-refractivity contribution in [2.45, 2.75) is 51.9 Å². The van der Waals surface area contributed by atoms with Gasteiger partial charge in [0.2, 0.25) is 0 Å². The van der Waals surface area contributed by atoms with Gasteiger partial charge in [-0.25, -0.2) is 0 Å². The molecule has 0 amide bonds. The summed E-state index contributed by atoms with van der Waals surface area (Å²) in [6.07, 6.45) is 11.7. The molecule has 0 unspecified atom stereocenters. The van der Waals surface area contributed by atoms with Gasteiger partial charge in [0.15, 0.2) is 17.3 Å². The minimum absolute atomic E-state index is 0.138. The fraction of sp³-hybridized carbons (Fsp3) is 0.444. The van der Waals surface area contributed by atoms with Crippen molar-refractivity contribution in [2.75, 3.05) is 0 Å². The van der Waals surface area contributed by atoms with Crippen molar-refractivity contribution >= 4 is 12.2 Å². The van der Waals surface area contributed by atoms with E-state index < -0.39 is 0 Å². The van der Waals surface area contributed by atoms with Crippen molar-refractivity contribution < 1.29 is 14.7 Å². The van der Waals surface area contributed by atoms with E-state index in [4.69, 9.17) is 4.52 Å². The van der Waals surface area contributed by atoms with Crippen molar-refractivity contribution in [1.82, 2.24) is 10.1 Å². The van der Waals surface area contributed by atoms with Crippen LogP contribution in [0, 0.1) is 0 Å². The molecule has 5 heteroatoms.